The lowest BCUT2D eigenvalue weighted by Crippen LogP contribution is -2.31. The molecule has 11 heteroatoms. The lowest BCUT2D eigenvalue weighted by atomic mass is 10.2. The number of rotatable bonds is 8. The zero-order valence-corrected chi connectivity index (χ0v) is 19.2. The average molecular weight is 496 g/mol. The molecule has 0 bridgehead atoms. The molecule has 0 radical (unpaired) electrons. The van der Waals surface area contributed by atoms with Gasteiger partial charge in [0, 0.05) is 11.6 Å². The molecule has 35 heavy (non-hydrogen) atoms. The number of nitrogens with one attached hydrogen (secondary N) is 1. The normalized spacial score (nSPS) is 12.5. The predicted octanol–water partition coefficient (Wildman–Crippen LogP) is 4.00. The van der Waals surface area contributed by atoms with Crippen molar-refractivity contribution in [2.45, 2.75) is 4.90 Å². The summed E-state index contributed by atoms with van der Waals surface area (Å²) in [6.45, 7) is 4.17. The minimum absolute atomic E-state index is 0.00174. The molecule has 0 spiro atoms. The van der Waals surface area contributed by atoms with E-state index in [0.717, 1.165) is 0 Å². The second-order valence-corrected chi connectivity index (χ2v) is 9.27. The highest BCUT2D eigenvalue weighted by molar-refractivity contribution is 7.92. The number of anilines is 2. The van der Waals surface area contributed by atoms with Crippen LogP contribution in [0, 0.1) is 10.1 Å². The Labute approximate surface area is 201 Å². The van der Waals surface area contributed by atoms with Gasteiger partial charge in [-0.25, -0.2) is 8.42 Å². The van der Waals surface area contributed by atoms with Gasteiger partial charge in [0.1, 0.15) is 18.9 Å². The largest absolute Gasteiger partial charge is 0.486 e. The molecule has 3 aromatic carbocycles. The van der Waals surface area contributed by atoms with E-state index in [0.29, 0.717) is 5.69 Å². The van der Waals surface area contributed by atoms with Crippen molar-refractivity contribution in [2.24, 2.45) is 0 Å². The summed E-state index contributed by atoms with van der Waals surface area (Å²) >= 11 is 0. The number of hydrogen-bond donors (Lipinski definition) is 1. The highest BCUT2D eigenvalue weighted by atomic mass is 32.2. The Morgan fingerprint density at radius 1 is 1.06 bits per heavy atom. The van der Waals surface area contributed by atoms with Gasteiger partial charge in [0.25, 0.3) is 21.6 Å². The van der Waals surface area contributed by atoms with Gasteiger partial charge >= 0.3 is 0 Å². The number of sulfonamides is 1. The van der Waals surface area contributed by atoms with Crippen molar-refractivity contribution in [1.82, 2.24) is 0 Å². The molecular formula is C24H21N3O7S. The molecule has 0 atom stereocenters. The molecule has 3 aromatic rings. The third-order valence-corrected chi connectivity index (χ3v) is 6.92. The van der Waals surface area contributed by atoms with Crippen LogP contribution in [0.4, 0.5) is 17.1 Å². The summed E-state index contributed by atoms with van der Waals surface area (Å²) in [5.74, 6) is -0.259. The maximum atomic E-state index is 13.4. The Morgan fingerprint density at radius 2 is 1.74 bits per heavy atom. The summed E-state index contributed by atoms with van der Waals surface area (Å²) in [5, 5.41) is 14.0. The van der Waals surface area contributed by atoms with Crippen molar-refractivity contribution in [3.63, 3.8) is 0 Å². The first-order valence-electron chi connectivity index (χ1n) is 10.5. The fourth-order valence-electron chi connectivity index (χ4n) is 3.50. The van der Waals surface area contributed by atoms with Crippen molar-refractivity contribution < 1.29 is 27.6 Å². The quantitative estimate of drug-likeness (QED) is 0.284. The van der Waals surface area contributed by atoms with Crippen LogP contribution in [0.5, 0.6) is 11.5 Å². The summed E-state index contributed by atoms with van der Waals surface area (Å²) in [7, 11) is -4.04. The number of amides is 1. The molecule has 10 nitrogen and oxygen atoms in total. The molecular weight excluding hydrogens is 474 g/mol. The van der Waals surface area contributed by atoms with Gasteiger partial charge in [0.15, 0.2) is 11.5 Å². The molecule has 0 aliphatic carbocycles. The second kappa shape index (κ2) is 9.85. The summed E-state index contributed by atoms with van der Waals surface area (Å²) in [5.41, 5.74) is -0.0428. The number of carbonyl (C=O) groups excluding carboxylic acids is 1. The van der Waals surface area contributed by atoms with Gasteiger partial charge in [-0.3, -0.25) is 19.2 Å². The third-order valence-electron chi connectivity index (χ3n) is 5.13. The van der Waals surface area contributed by atoms with Crippen LogP contribution >= 0.6 is 0 Å². The Bertz CT molecular complexity index is 1390. The number of benzene rings is 3. The maximum absolute atomic E-state index is 13.4. The second-order valence-electron chi connectivity index (χ2n) is 7.41. The molecule has 0 saturated heterocycles. The highest BCUT2D eigenvalue weighted by Crippen LogP contribution is 2.39. The van der Waals surface area contributed by atoms with Crippen molar-refractivity contribution in [2.75, 3.05) is 29.4 Å². The van der Waals surface area contributed by atoms with Crippen LogP contribution in [0.1, 0.15) is 10.4 Å². The average Bonchev–Trinajstić information content (AvgIpc) is 2.87. The fourth-order valence-corrected chi connectivity index (χ4v) is 4.98. The molecule has 1 aliphatic heterocycles. The Kier molecular flexibility index (Phi) is 6.69. The third kappa shape index (κ3) is 4.94. The van der Waals surface area contributed by atoms with Crippen LogP contribution in [0.2, 0.25) is 0 Å². The van der Waals surface area contributed by atoms with Crippen molar-refractivity contribution in [1.29, 1.82) is 0 Å². The topological polar surface area (TPSA) is 128 Å². The Hall–Kier alpha value is -4.38. The van der Waals surface area contributed by atoms with Crippen LogP contribution in [0.3, 0.4) is 0 Å². The van der Waals surface area contributed by atoms with Gasteiger partial charge < -0.3 is 14.8 Å². The Morgan fingerprint density at radius 3 is 2.40 bits per heavy atom. The minimum Gasteiger partial charge on any atom is -0.486 e. The predicted molar refractivity (Wildman–Crippen MR) is 130 cm³/mol. The molecule has 0 fully saturated rings. The van der Waals surface area contributed by atoms with E-state index in [1.165, 1.54) is 46.8 Å². The number of nitro groups is 1. The number of para-hydroxylation sites is 1. The molecule has 1 amide bonds. The van der Waals surface area contributed by atoms with Gasteiger partial charge in [-0.05, 0) is 30.3 Å². The van der Waals surface area contributed by atoms with Gasteiger partial charge in [-0.1, -0.05) is 30.3 Å². The number of nitrogens with zero attached hydrogens (tertiary/aromatic N) is 2. The number of carbonyl (C=O) groups is 1. The number of nitro benzene ring substituents is 1. The fraction of sp³-hybridized carbons (Fsp3) is 0.125. The summed E-state index contributed by atoms with van der Waals surface area (Å²) in [6, 6.07) is 16.4. The molecule has 0 unspecified atom stereocenters. The molecule has 0 aromatic heterocycles. The lowest BCUT2D eigenvalue weighted by Gasteiger charge is -2.23. The van der Waals surface area contributed by atoms with Crippen LogP contribution in [0.25, 0.3) is 0 Å². The highest BCUT2D eigenvalue weighted by Gasteiger charge is 2.27. The number of fused-ring (bicyclic) bond motifs is 1. The van der Waals surface area contributed by atoms with Crippen LogP contribution in [-0.4, -0.2) is 39.0 Å². The molecule has 180 valence electrons. The van der Waals surface area contributed by atoms with E-state index in [-0.39, 0.29) is 53.1 Å². The zero-order chi connectivity index (χ0) is 25.0. The SMILES string of the molecule is C=CCN(c1ccccc1)S(=O)(=O)c1cccc(C(=O)Nc2cc3c(cc2[N+](=O)[O-])OCCO3)c1. The summed E-state index contributed by atoms with van der Waals surface area (Å²) < 4.78 is 38.8. The summed E-state index contributed by atoms with van der Waals surface area (Å²) in [6.07, 6.45) is 1.46. The standard InChI is InChI=1S/C24H21N3O7S/c1-2-11-26(18-8-4-3-5-9-18)35(31,32)19-10-6-7-17(14-19)24(28)25-20-15-22-23(34-13-12-33-22)16-21(20)27(29)30/h2-10,14-16H,1,11-13H2,(H,25,28). The monoisotopic (exact) mass is 495 g/mol. The van der Waals surface area contributed by atoms with E-state index in [1.54, 1.807) is 30.3 Å². The number of hydrogen-bond acceptors (Lipinski definition) is 7. The molecule has 1 N–H and O–H groups in total. The first-order valence-corrected chi connectivity index (χ1v) is 11.9. The van der Waals surface area contributed by atoms with Gasteiger partial charge in [0.2, 0.25) is 0 Å². The lowest BCUT2D eigenvalue weighted by molar-refractivity contribution is -0.384. The Balaban J connectivity index is 1.66. The van der Waals surface area contributed by atoms with E-state index in [9.17, 15) is 23.3 Å². The number of ether oxygens (including phenoxy) is 2. The van der Waals surface area contributed by atoms with Crippen LogP contribution < -0.4 is 19.1 Å². The minimum atomic E-state index is -4.04. The zero-order valence-electron chi connectivity index (χ0n) is 18.4. The van der Waals surface area contributed by atoms with E-state index in [2.05, 4.69) is 11.9 Å². The van der Waals surface area contributed by atoms with Gasteiger partial charge in [-0.2, -0.15) is 0 Å². The first-order chi connectivity index (χ1) is 16.8. The molecule has 0 saturated carbocycles. The van der Waals surface area contributed by atoms with Crippen molar-refractivity contribution >= 4 is 33.0 Å². The van der Waals surface area contributed by atoms with Crippen molar-refractivity contribution in [3.8, 4) is 11.5 Å². The maximum Gasteiger partial charge on any atom is 0.296 e. The van der Waals surface area contributed by atoms with E-state index < -0.39 is 20.9 Å². The van der Waals surface area contributed by atoms with Gasteiger partial charge in [0.05, 0.1) is 28.1 Å². The van der Waals surface area contributed by atoms with Crippen molar-refractivity contribution in [3.05, 3.63) is 95.1 Å². The van der Waals surface area contributed by atoms with E-state index in [1.807, 2.05) is 0 Å². The van der Waals surface area contributed by atoms with Crippen LogP contribution in [0.15, 0.2) is 84.3 Å². The summed E-state index contributed by atoms with van der Waals surface area (Å²) in [4.78, 5) is 23.7. The molecule has 4 rings (SSSR count). The van der Waals surface area contributed by atoms with Crippen LogP contribution in [-0.2, 0) is 10.0 Å². The molecule has 1 aliphatic rings. The van der Waals surface area contributed by atoms with Gasteiger partial charge in [-0.15, -0.1) is 6.58 Å². The van der Waals surface area contributed by atoms with E-state index in [4.69, 9.17) is 9.47 Å². The van der Waals surface area contributed by atoms with E-state index >= 15 is 0 Å². The first kappa shape index (κ1) is 23.8. The molecule has 1 heterocycles. The smallest absolute Gasteiger partial charge is 0.296 e.